The largest absolute Gasteiger partial charge is 0.487 e. The van der Waals surface area contributed by atoms with Gasteiger partial charge in [-0.1, -0.05) is 0 Å². The molecular weight excluding hydrogens is 552 g/mol. The minimum Gasteiger partial charge on any atom is -0.487 e. The summed E-state index contributed by atoms with van der Waals surface area (Å²) in [7, 11) is 0. The van der Waals surface area contributed by atoms with Crippen molar-refractivity contribution in [2.75, 3.05) is 6.61 Å². The number of aryl methyl sites for hydroxylation is 1. The zero-order chi connectivity index (χ0) is 24.8. The lowest BCUT2D eigenvalue weighted by Gasteiger charge is -2.15. The average molecular weight is 575 g/mol. The Morgan fingerprint density at radius 1 is 1.26 bits per heavy atom. The Morgan fingerprint density at radius 2 is 1.94 bits per heavy atom. The summed E-state index contributed by atoms with van der Waals surface area (Å²) in [6.07, 6.45) is 2.94. The molecule has 13 heteroatoms. The van der Waals surface area contributed by atoms with Crippen LogP contribution in [0, 0.1) is 18.6 Å². The molecule has 188 valence electrons. The number of nitrogens with two attached hydrogens (primary N) is 1. The zero-order valence-electron chi connectivity index (χ0n) is 18.5. The number of hydrogen-bond acceptors (Lipinski definition) is 7. The van der Waals surface area contributed by atoms with Gasteiger partial charge in [0, 0.05) is 23.4 Å². The number of carbonyl (C=O) groups excluding carboxylic acids is 1. The number of benzene rings is 1. The number of ether oxygens (including phenoxy) is 1. The van der Waals surface area contributed by atoms with Crippen molar-refractivity contribution in [2.24, 2.45) is 5.73 Å². The SMILES string of the molecule is Cc1cc(OCc2ccc(F)cc2F)c(Br)c(=O)n1Cc1cnc(CNC(=O)[C@H](N)CO)cn1.Cl. The molecule has 0 spiro atoms. The molecule has 4 N–H and O–H groups in total. The summed E-state index contributed by atoms with van der Waals surface area (Å²) >= 11 is 3.23. The Hall–Kier alpha value is -2.93. The normalized spacial score (nSPS) is 11.5. The number of nitrogens with zero attached hydrogens (tertiary/aromatic N) is 3. The second-order valence-electron chi connectivity index (χ2n) is 7.39. The molecule has 1 atom stereocenters. The third kappa shape index (κ3) is 7.28. The highest BCUT2D eigenvalue weighted by molar-refractivity contribution is 9.10. The Balaban J connectivity index is 0.00000432. The second-order valence-corrected chi connectivity index (χ2v) is 8.18. The lowest BCUT2D eigenvalue weighted by atomic mass is 10.2. The molecule has 1 amide bonds. The molecular formula is C22H23BrClF2N5O4. The monoisotopic (exact) mass is 573 g/mol. The Morgan fingerprint density at radius 3 is 2.57 bits per heavy atom. The fourth-order valence-corrected chi connectivity index (χ4v) is 3.36. The van der Waals surface area contributed by atoms with Crippen LogP contribution in [0.15, 0.2) is 45.9 Å². The van der Waals surface area contributed by atoms with E-state index in [1.165, 1.54) is 23.0 Å². The van der Waals surface area contributed by atoms with Crippen molar-refractivity contribution in [3.05, 3.63) is 85.8 Å². The zero-order valence-corrected chi connectivity index (χ0v) is 20.9. The molecule has 0 saturated heterocycles. The van der Waals surface area contributed by atoms with Crippen molar-refractivity contribution in [1.29, 1.82) is 0 Å². The summed E-state index contributed by atoms with van der Waals surface area (Å²) in [6, 6.07) is 3.78. The molecule has 35 heavy (non-hydrogen) atoms. The summed E-state index contributed by atoms with van der Waals surface area (Å²) in [5.74, 6) is -1.71. The fourth-order valence-electron chi connectivity index (χ4n) is 2.92. The van der Waals surface area contributed by atoms with Crippen LogP contribution in [0.3, 0.4) is 0 Å². The number of hydrogen-bond donors (Lipinski definition) is 3. The van der Waals surface area contributed by atoms with Gasteiger partial charge in [-0.2, -0.15) is 0 Å². The highest BCUT2D eigenvalue weighted by atomic mass is 79.9. The van der Waals surface area contributed by atoms with Gasteiger partial charge in [0.1, 0.15) is 34.5 Å². The third-order valence-corrected chi connectivity index (χ3v) is 5.60. The highest BCUT2D eigenvalue weighted by Gasteiger charge is 2.15. The summed E-state index contributed by atoms with van der Waals surface area (Å²) in [5.41, 5.74) is 6.74. The quantitative estimate of drug-likeness (QED) is 0.356. The van der Waals surface area contributed by atoms with Gasteiger partial charge < -0.3 is 25.5 Å². The molecule has 0 unspecified atom stereocenters. The predicted octanol–water partition coefficient (Wildman–Crippen LogP) is 1.97. The number of halogens is 4. The van der Waals surface area contributed by atoms with E-state index in [0.29, 0.717) is 17.1 Å². The molecule has 2 aromatic heterocycles. The minimum absolute atomic E-state index is 0. The van der Waals surface area contributed by atoms with Crippen LogP contribution in [0.1, 0.15) is 22.6 Å². The number of pyridine rings is 1. The first-order valence-electron chi connectivity index (χ1n) is 10.1. The van der Waals surface area contributed by atoms with Crippen molar-refractivity contribution in [3.63, 3.8) is 0 Å². The van der Waals surface area contributed by atoms with Crippen molar-refractivity contribution in [3.8, 4) is 5.75 Å². The van der Waals surface area contributed by atoms with Gasteiger partial charge in [-0.3, -0.25) is 19.6 Å². The molecule has 0 saturated carbocycles. The number of nitrogens with one attached hydrogen (secondary N) is 1. The van der Waals surface area contributed by atoms with Crippen LogP contribution in [0.4, 0.5) is 8.78 Å². The molecule has 3 aromatic rings. The Labute approximate surface area is 213 Å². The van der Waals surface area contributed by atoms with E-state index in [0.717, 1.165) is 12.1 Å². The Bertz CT molecular complexity index is 1240. The van der Waals surface area contributed by atoms with E-state index in [4.69, 9.17) is 15.6 Å². The first-order valence-corrected chi connectivity index (χ1v) is 10.9. The maximum absolute atomic E-state index is 13.8. The van der Waals surface area contributed by atoms with E-state index >= 15 is 0 Å². The van der Waals surface area contributed by atoms with E-state index in [2.05, 4.69) is 31.2 Å². The first-order chi connectivity index (χ1) is 16.2. The number of carbonyl (C=O) groups is 1. The van der Waals surface area contributed by atoms with Gasteiger partial charge in [0.2, 0.25) is 5.91 Å². The molecule has 2 heterocycles. The summed E-state index contributed by atoms with van der Waals surface area (Å²) in [6.45, 7) is 1.28. The van der Waals surface area contributed by atoms with Crippen LogP contribution in [-0.4, -0.2) is 38.2 Å². The number of aliphatic hydroxyl groups is 1. The van der Waals surface area contributed by atoms with Crippen LogP contribution in [0.25, 0.3) is 0 Å². The van der Waals surface area contributed by atoms with Gasteiger partial charge >= 0.3 is 0 Å². The van der Waals surface area contributed by atoms with Crippen molar-refractivity contribution in [2.45, 2.75) is 32.7 Å². The minimum atomic E-state index is -1.01. The fraction of sp³-hybridized carbons (Fsp3) is 0.273. The van der Waals surface area contributed by atoms with Crippen LogP contribution in [0.2, 0.25) is 0 Å². The molecule has 0 aliphatic rings. The van der Waals surface area contributed by atoms with E-state index in [1.807, 2.05) is 0 Å². The maximum atomic E-state index is 13.8. The topological polar surface area (TPSA) is 132 Å². The van der Waals surface area contributed by atoms with Gasteiger partial charge in [0.25, 0.3) is 5.56 Å². The highest BCUT2D eigenvalue weighted by Crippen LogP contribution is 2.24. The number of rotatable bonds is 9. The van der Waals surface area contributed by atoms with E-state index in [9.17, 15) is 18.4 Å². The Kier molecular flexibility index (Phi) is 10.3. The molecule has 0 fully saturated rings. The lowest BCUT2D eigenvalue weighted by Crippen LogP contribution is -2.42. The van der Waals surface area contributed by atoms with Crippen LogP contribution < -0.4 is 21.3 Å². The number of amides is 1. The molecule has 0 aliphatic carbocycles. The van der Waals surface area contributed by atoms with Gasteiger partial charge in [-0.05, 0) is 35.0 Å². The molecule has 1 aromatic carbocycles. The van der Waals surface area contributed by atoms with Gasteiger partial charge in [-0.25, -0.2) is 8.78 Å². The van der Waals surface area contributed by atoms with E-state index < -0.39 is 30.2 Å². The van der Waals surface area contributed by atoms with Crippen molar-refractivity contribution < 1.29 is 23.4 Å². The second kappa shape index (κ2) is 12.7. The standard InChI is InChI=1S/C22H22BrF2N5O4.ClH/c1-12-4-19(34-11-13-2-3-14(24)5-17(13)25)20(23)22(33)30(12)9-16-8-27-15(6-28-16)7-29-21(32)18(26)10-31;/h2-6,8,18,31H,7,9-11,26H2,1H3,(H,29,32);1H/t18-;/m1./s1. The number of aromatic nitrogens is 3. The predicted molar refractivity (Wildman–Crippen MR) is 129 cm³/mol. The summed E-state index contributed by atoms with van der Waals surface area (Å²) < 4.78 is 34.1. The van der Waals surface area contributed by atoms with Gasteiger partial charge in [0.15, 0.2) is 0 Å². The molecule has 0 aliphatic heterocycles. The third-order valence-electron chi connectivity index (χ3n) is 4.87. The van der Waals surface area contributed by atoms with Crippen LogP contribution >= 0.6 is 28.3 Å². The average Bonchev–Trinajstić information content (AvgIpc) is 2.82. The van der Waals surface area contributed by atoms with Crippen LogP contribution in [0.5, 0.6) is 5.75 Å². The van der Waals surface area contributed by atoms with E-state index in [1.54, 1.807) is 13.0 Å². The lowest BCUT2D eigenvalue weighted by molar-refractivity contribution is -0.123. The van der Waals surface area contributed by atoms with Gasteiger partial charge in [-0.15, -0.1) is 12.4 Å². The van der Waals surface area contributed by atoms with Crippen molar-refractivity contribution >= 4 is 34.2 Å². The van der Waals surface area contributed by atoms with E-state index in [-0.39, 0.29) is 53.4 Å². The molecule has 9 nitrogen and oxygen atoms in total. The first kappa shape index (κ1) is 28.3. The molecule has 0 radical (unpaired) electrons. The molecule has 3 rings (SSSR count). The maximum Gasteiger partial charge on any atom is 0.269 e. The van der Waals surface area contributed by atoms with Crippen LogP contribution in [-0.2, 0) is 24.5 Å². The summed E-state index contributed by atoms with van der Waals surface area (Å²) in [4.78, 5) is 33.0. The number of aliphatic hydroxyl groups excluding tert-OH is 1. The van der Waals surface area contributed by atoms with Gasteiger partial charge in [0.05, 0.1) is 43.5 Å². The molecule has 0 bridgehead atoms. The summed E-state index contributed by atoms with van der Waals surface area (Å²) in [5, 5.41) is 11.4. The smallest absolute Gasteiger partial charge is 0.269 e. The van der Waals surface area contributed by atoms with Crippen molar-refractivity contribution in [1.82, 2.24) is 19.9 Å².